The van der Waals surface area contributed by atoms with Crippen LogP contribution < -0.4 is 5.32 Å². The molecular formula is C17H27BrN2. The number of rotatable bonds is 6. The first kappa shape index (κ1) is 16.0. The van der Waals surface area contributed by atoms with E-state index < -0.39 is 0 Å². The predicted octanol–water partition coefficient (Wildman–Crippen LogP) is 4.00. The monoisotopic (exact) mass is 338 g/mol. The molecule has 0 aliphatic heterocycles. The Morgan fingerprint density at radius 3 is 2.75 bits per heavy atom. The zero-order chi connectivity index (χ0) is 14.7. The standard InChI is InChI=1S/C17H27BrN2/c1-12(2)10-13(11-20(3)4)19-17-9-8-14-15(17)6-5-7-16(14)18/h5-7,12-13,17,19H,8-11H2,1-4H3. The first-order chi connectivity index (χ1) is 9.47. The highest BCUT2D eigenvalue weighted by atomic mass is 79.9. The molecule has 0 spiro atoms. The molecule has 20 heavy (non-hydrogen) atoms. The summed E-state index contributed by atoms with van der Waals surface area (Å²) >= 11 is 3.69. The average molecular weight is 339 g/mol. The van der Waals surface area contributed by atoms with Crippen molar-refractivity contribution >= 4 is 15.9 Å². The maximum absolute atomic E-state index is 3.90. The van der Waals surface area contributed by atoms with Gasteiger partial charge in [-0.2, -0.15) is 0 Å². The van der Waals surface area contributed by atoms with Crippen LogP contribution in [0.25, 0.3) is 0 Å². The van der Waals surface area contributed by atoms with Crippen LogP contribution in [0.15, 0.2) is 22.7 Å². The Labute approximate surface area is 132 Å². The first-order valence-corrected chi connectivity index (χ1v) is 8.44. The number of hydrogen-bond acceptors (Lipinski definition) is 2. The van der Waals surface area contributed by atoms with E-state index in [2.05, 4.69) is 72.3 Å². The van der Waals surface area contributed by atoms with Crippen molar-refractivity contribution in [3.8, 4) is 0 Å². The fraction of sp³-hybridized carbons (Fsp3) is 0.647. The molecule has 1 aliphatic carbocycles. The van der Waals surface area contributed by atoms with Gasteiger partial charge in [0.15, 0.2) is 0 Å². The third kappa shape index (κ3) is 4.06. The third-order valence-electron chi connectivity index (χ3n) is 3.99. The molecule has 0 saturated heterocycles. The van der Waals surface area contributed by atoms with Crippen LogP contribution in [0.3, 0.4) is 0 Å². The summed E-state index contributed by atoms with van der Waals surface area (Å²) in [6.07, 6.45) is 3.64. The molecule has 1 aromatic carbocycles. The van der Waals surface area contributed by atoms with Gasteiger partial charge in [0.05, 0.1) is 0 Å². The molecule has 0 amide bonds. The molecular weight excluding hydrogens is 312 g/mol. The fourth-order valence-electron chi connectivity index (χ4n) is 3.27. The average Bonchev–Trinajstić information content (AvgIpc) is 2.72. The zero-order valence-electron chi connectivity index (χ0n) is 13.1. The summed E-state index contributed by atoms with van der Waals surface area (Å²) in [5.41, 5.74) is 2.99. The van der Waals surface area contributed by atoms with E-state index in [1.54, 1.807) is 0 Å². The number of nitrogens with zero attached hydrogens (tertiary/aromatic N) is 1. The van der Waals surface area contributed by atoms with Crippen LogP contribution in [0.5, 0.6) is 0 Å². The van der Waals surface area contributed by atoms with Crippen molar-refractivity contribution in [2.24, 2.45) is 5.92 Å². The topological polar surface area (TPSA) is 15.3 Å². The Morgan fingerprint density at radius 2 is 2.10 bits per heavy atom. The predicted molar refractivity (Wildman–Crippen MR) is 90.1 cm³/mol. The lowest BCUT2D eigenvalue weighted by Gasteiger charge is -2.27. The number of halogens is 1. The molecule has 2 nitrogen and oxygen atoms in total. The van der Waals surface area contributed by atoms with Gasteiger partial charge >= 0.3 is 0 Å². The Kier molecular flexibility index (Phi) is 5.65. The second-order valence-corrected chi connectivity index (χ2v) is 7.51. The Hall–Kier alpha value is -0.380. The Balaban J connectivity index is 2.07. The summed E-state index contributed by atoms with van der Waals surface area (Å²) in [5, 5.41) is 3.90. The molecule has 112 valence electrons. The van der Waals surface area contributed by atoms with E-state index >= 15 is 0 Å². The van der Waals surface area contributed by atoms with E-state index in [0.29, 0.717) is 12.1 Å². The molecule has 2 rings (SSSR count). The summed E-state index contributed by atoms with van der Waals surface area (Å²) in [7, 11) is 4.32. The van der Waals surface area contributed by atoms with E-state index in [-0.39, 0.29) is 0 Å². The molecule has 0 fully saturated rings. The van der Waals surface area contributed by atoms with E-state index in [9.17, 15) is 0 Å². The zero-order valence-corrected chi connectivity index (χ0v) is 14.7. The minimum absolute atomic E-state index is 0.520. The molecule has 0 bridgehead atoms. The minimum atomic E-state index is 0.520. The molecule has 2 atom stereocenters. The van der Waals surface area contributed by atoms with Crippen molar-refractivity contribution in [3.63, 3.8) is 0 Å². The van der Waals surface area contributed by atoms with Crippen molar-refractivity contribution in [2.75, 3.05) is 20.6 Å². The number of fused-ring (bicyclic) bond motifs is 1. The lowest BCUT2D eigenvalue weighted by atomic mass is 10.0. The number of nitrogens with one attached hydrogen (secondary N) is 1. The highest BCUT2D eigenvalue weighted by molar-refractivity contribution is 9.10. The van der Waals surface area contributed by atoms with E-state index in [0.717, 1.165) is 12.5 Å². The largest absolute Gasteiger partial charge is 0.308 e. The van der Waals surface area contributed by atoms with Gasteiger partial charge in [0.2, 0.25) is 0 Å². The van der Waals surface area contributed by atoms with Crippen LogP contribution in [-0.4, -0.2) is 31.6 Å². The van der Waals surface area contributed by atoms with Crippen molar-refractivity contribution in [1.82, 2.24) is 10.2 Å². The second kappa shape index (κ2) is 7.06. The van der Waals surface area contributed by atoms with Gasteiger partial charge in [-0.3, -0.25) is 0 Å². The summed E-state index contributed by atoms with van der Waals surface area (Å²) in [6.45, 7) is 5.73. The van der Waals surface area contributed by atoms with E-state index in [1.807, 2.05) is 0 Å². The first-order valence-electron chi connectivity index (χ1n) is 7.65. The van der Waals surface area contributed by atoms with Crippen LogP contribution in [-0.2, 0) is 6.42 Å². The van der Waals surface area contributed by atoms with Crippen LogP contribution >= 0.6 is 15.9 Å². The van der Waals surface area contributed by atoms with Crippen molar-refractivity contribution < 1.29 is 0 Å². The van der Waals surface area contributed by atoms with E-state index in [1.165, 1.54) is 34.9 Å². The summed E-state index contributed by atoms with van der Waals surface area (Å²) in [6, 6.07) is 7.69. The van der Waals surface area contributed by atoms with Gasteiger partial charge < -0.3 is 10.2 Å². The quantitative estimate of drug-likeness (QED) is 0.843. The van der Waals surface area contributed by atoms with Crippen molar-refractivity contribution in [2.45, 2.75) is 45.2 Å². The second-order valence-electron chi connectivity index (χ2n) is 6.65. The van der Waals surface area contributed by atoms with Gasteiger partial charge in [-0.25, -0.2) is 0 Å². The van der Waals surface area contributed by atoms with Gasteiger partial charge in [0.1, 0.15) is 0 Å². The molecule has 3 heteroatoms. The number of likely N-dealkylation sites (N-methyl/N-ethyl adjacent to an activating group) is 1. The lowest BCUT2D eigenvalue weighted by molar-refractivity contribution is 0.286. The molecule has 2 unspecified atom stereocenters. The maximum Gasteiger partial charge on any atom is 0.0329 e. The van der Waals surface area contributed by atoms with Gasteiger partial charge in [-0.05, 0) is 56.5 Å². The third-order valence-corrected chi connectivity index (χ3v) is 4.73. The van der Waals surface area contributed by atoms with Crippen molar-refractivity contribution in [3.05, 3.63) is 33.8 Å². The van der Waals surface area contributed by atoms with Crippen LogP contribution in [0.2, 0.25) is 0 Å². The van der Waals surface area contributed by atoms with Gasteiger partial charge in [0, 0.05) is 23.1 Å². The minimum Gasteiger partial charge on any atom is -0.308 e. The smallest absolute Gasteiger partial charge is 0.0329 e. The van der Waals surface area contributed by atoms with E-state index in [4.69, 9.17) is 0 Å². The molecule has 1 aromatic rings. The van der Waals surface area contributed by atoms with Gasteiger partial charge in [-0.15, -0.1) is 0 Å². The lowest BCUT2D eigenvalue weighted by Crippen LogP contribution is -2.40. The normalized spacial score (nSPS) is 19.6. The van der Waals surface area contributed by atoms with Gasteiger partial charge in [-0.1, -0.05) is 41.9 Å². The molecule has 1 aliphatic rings. The maximum atomic E-state index is 3.90. The number of hydrogen-bond donors (Lipinski definition) is 1. The highest BCUT2D eigenvalue weighted by Gasteiger charge is 2.26. The summed E-state index contributed by atoms with van der Waals surface area (Å²) in [5.74, 6) is 0.732. The SMILES string of the molecule is CC(C)CC(CN(C)C)NC1CCc2c(Br)cccc21. The highest BCUT2D eigenvalue weighted by Crippen LogP contribution is 2.36. The van der Waals surface area contributed by atoms with Gasteiger partial charge in [0.25, 0.3) is 0 Å². The Morgan fingerprint density at radius 1 is 1.35 bits per heavy atom. The molecule has 0 saturated carbocycles. The van der Waals surface area contributed by atoms with Crippen LogP contribution in [0.4, 0.5) is 0 Å². The fourth-order valence-corrected chi connectivity index (χ4v) is 3.85. The Bertz CT molecular complexity index is 433. The number of benzene rings is 1. The molecule has 0 aromatic heterocycles. The van der Waals surface area contributed by atoms with Crippen LogP contribution in [0.1, 0.15) is 43.9 Å². The summed E-state index contributed by atoms with van der Waals surface area (Å²) < 4.78 is 1.27. The molecule has 0 radical (unpaired) electrons. The summed E-state index contributed by atoms with van der Waals surface area (Å²) in [4.78, 5) is 2.29. The molecule has 1 N–H and O–H groups in total. The van der Waals surface area contributed by atoms with Crippen molar-refractivity contribution in [1.29, 1.82) is 0 Å². The van der Waals surface area contributed by atoms with Crippen LogP contribution in [0, 0.1) is 5.92 Å². The molecule has 0 heterocycles.